The van der Waals surface area contributed by atoms with Gasteiger partial charge in [-0.05, 0) is 61.7 Å². The zero-order valence-corrected chi connectivity index (χ0v) is 18.7. The van der Waals surface area contributed by atoms with Crippen LogP contribution in [0.3, 0.4) is 0 Å². The number of likely N-dealkylation sites (N-methyl/N-ethyl adjacent to an activating group) is 1. The lowest BCUT2D eigenvalue weighted by Gasteiger charge is -2.31. The number of rotatable bonds is 6. The van der Waals surface area contributed by atoms with Crippen LogP contribution in [0.5, 0.6) is 0 Å². The summed E-state index contributed by atoms with van der Waals surface area (Å²) in [4.78, 5) is 14.4. The van der Waals surface area contributed by atoms with Gasteiger partial charge in [-0.2, -0.15) is 22.7 Å². The average Bonchev–Trinajstić information content (AvgIpc) is 2.79. The van der Waals surface area contributed by atoms with Crippen LogP contribution in [0.25, 0.3) is 0 Å². The predicted octanol–water partition coefficient (Wildman–Crippen LogP) is 3.83. The smallest absolute Gasteiger partial charge is 0.370 e. The number of halogens is 3. The van der Waals surface area contributed by atoms with Gasteiger partial charge in [-0.15, -0.1) is 0 Å². The van der Waals surface area contributed by atoms with Crippen LogP contribution < -0.4 is 10.2 Å². The zero-order chi connectivity index (χ0) is 24.2. The molecule has 0 spiro atoms. The molecule has 176 valence electrons. The van der Waals surface area contributed by atoms with Gasteiger partial charge in [0.2, 0.25) is 15.9 Å². The van der Waals surface area contributed by atoms with Crippen molar-refractivity contribution in [3.05, 3.63) is 53.6 Å². The minimum Gasteiger partial charge on any atom is -0.370 e. The largest absolute Gasteiger partial charge is 0.416 e. The zero-order valence-electron chi connectivity index (χ0n) is 17.9. The first kappa shape index (κ1) is 24.5. The standard InChI is InChI=1S/C22H23F3N4O3S/c1-28(33(31,32)18-8-5-16(14-26)6-9-18)15-21(30)27-19-13-17(22(23,24)25)7-10-20(19)29-11-3-2-4-12-29/h5-10,13H,2-4,11-12,15H2,1H3,(H,27,30). The Labute approximate surface area is 190 Å². The molecule has 2 aromatic carbocycles. The third kappa shape index (κ3) is 5.83. The monoisotopic (exact) mass is 480 g/mol. The van der Waals surface area contributed by atoms with Crippen LogP contribution >= 0.6 is 0 Å². The van der Waals surface area contributed by atoms with Gasteiger partial charge in [0.25, 0.3) is 0 Å². The number of alkyl halides is 3. The minimum absolute atomic E-state index is 0.0131. The van der Waals surface area contributed by atoms with E-state index in [2.05, 4.69) is 5.32 Å². The van der Waals surface area contributed by atoms with Gasteiger partial charge in [0, 0.05) is 20.1 Å². The molecule has 0 bridgehead atoms. The highest BCUT2D eigenvalue weighted by molar-refractivity contribution is 7.89. The summed E-state index contributed by atoms with van der Waals surface area (Å²) in [5.41, 5.74) is -0.171. The Kier molecular flexibility index (Phi) is 7.29. The fourth-order valence-corrected chi connectivity index (χ4v) is 4.71. The number of anilines is 2. The molecule has 0 aromatic heterocycles. The summed E-state index contributed by atoms with van der Waals surface area (Å²) >= 11 is 0. The van der Waals surface area contributed by atoms with Gasteiger partial charge >= 0.3 is 6.18 Å². The van der Waals surface area contributed by atoms with Crippen LogP contribution in [0.4, 0.5) is 24.5 Å². The number of piperidine rings is 1. The second kappa shape index (κ2) is 9.80. The first-order valence-corrected chi connectivity index (χ1v) is 11.7. The molecular formula is C22H23F3N4O3S. The number of carbonyl (C=O) groups excluding carboxylic acids is 1. The van der Waals surface area contributed by atoms with Crippen LogP contribution in [-0.4, -0.2) is 45.3 Å². The summed E-state index contributed by atoms with van der Waals surface area (Å²) in [5.74, 6) is -0.771. The van der Waals surface area contributed by atoms with Crippen molar-refractivity contribution in [1.29, 1.82) is 5.26 Å². The second-order valence-corrected chi connectivity index (χ2v) is 9.77. The molecule has 0 unspecified atom stereocenters. The summed E-state index contributed by atoms with van der Waals surface area (Å²) < 4.78 is 66.0. The first-order valence-electron chi connectivity index (χ1n) is 10.2. The van der Waals surface area contributed by atoms with Crippen LogP contribution in [-0.2, 0) is 21.0 Å². The van der Waals surface area contributed by atoms with Crippen molar-refractivity contribution >= 4 is 27.3 Å². The Morgan fingerprint density at radius 2 is 1.76 bits per heavy atom. The summed E-state index contributed by atoms with van der Waals surface area (Å²) in [6.07, 6.45) is -1.79. The molecule has 0 radical (unpaired) electrons. The normalized spacial score (nSPS) is 14.7. The summed E-state index contributed by atoms with van der Waals surface area (Å²) in [6.45, 7) is 0.709. The van der Waals surface area contributed by atoms with Crippen molar-refractivity contribution in [2.75, 3.05) is 36.9 Å². The number of hydrogen-bond donors (Lipinski definition) is 1. The van der Waals surface area contributed by atoms with Crippen molar-refractivity contribution < 1.29 is 26.4 Å². The topological polar surface area (TPSA) is 93.5 Å². The van der Waals surface area contributed by atoms with Crippen LogP contribution in [0, 0.1) is 11.3 Å². The Balaban J connectivity index is 1.81. The Bertz CT molecular complexity index is 1150. The molecule has 0 saturated carbocycles. The molecule has 1 N–H and O–H groups in total. The third-order valence-electron chi connectivity index (χ3n) is 5.35. The SMILES string of the molecule is CN(CC(=O)Nc1cc(C(F)(F)F)ccc1N1CCCCC1)S(=O)(=O)c1ccc(C#N)cc1. The lowest BCUT2D eigenvalue weighted by Crippen LogP contribution is -2.36. The number of benzene rings is 2. The number of amides is 1. The molecule has 1 fully saturated rings. The van der Waals surface area contributed by atoms with E-state index in [0.717, 1.165) is 35.7 Å². The van der Waals surface area contributed by atoms with Gasteiger partial charge in [0.1, 0.15) is 0 Å². The molecule has 1 saturated heterocycles. The Morgan fingerprint density at radius 1 is 1.12 bits per heavy atom. The maximum Gasteiger partial charge on any atom is 0.416 e. The highest BCUT2D eigenvalue weighted by Crippen LogP contribution is 2.36. The van der Waals surface area contributed by atoms with E-state index >= 15 is 0 Å². The Hall–Kier alpha value is -3.10. The van der Waals surface area contributed by atoms with Gasteiger partial charge in [-0.3, -0.25) is 4.79 Å². The molecule has 0 atom stereocenters. The summed E-state index contributed by atoms with van der Waals surface area (Å²) in [5, 5.41) is 11.3. The maximum atomic E-state index is 13.3. The minimum atomic E-state index is -4.59. The van der Waals surface area contributed by atoms with Gasteiger partial charge < -0.3 is 10.2 Å². The van der Waals surface area contributed by atoms with Gasteiger partial charge in [-0.1, -0.05) is 0 Å². The highest BCUT2D eigenvalue weighted by atomic mass is 32.2. The second-order valence-electron chi connectivity index (χ2n) is 7.72. The maximum absolute atomic E-state index is 13.3. The quantitative estimate of drug-likeness (QED) is 0.678. The van der Waals surface area contributed by atoms with Crippen LogP contribution in [0.1, 0.15) is 30.4 Å². The van der Waals surface area contributed by atoms with E-state index in [0.29, 0.717) is 18.8 Å². The Morgan fingerprint density at radius 3 is 2.33 bits per heavy atom. The number of nitrogens with zero attached hydrogens (tertiary/aromatic N) is 3. The molecule has 7 nitrogen and oxygen atoms in total. The molecule has 33 heavy (non-hydrogen) atoms. The number of sulfonamides is 1. The molecule has 1 aliphatic heterocycles. The lowest BCUT2D eigenvalue weighted by molar-refractivity contribution is -0.137. The van der Waals surface area contributed by atoms with Crippen molar-refractivity contribution in [3.63, 3.8) is 0 Å². The fraction of sp³-hybridized carbons (Fsp3) is 0.364. The predicted molar refractivity (Wildman–Crippen MR) is 117 cm³/mol. The van der Waals surface area contributed by atoms with Crippen LogP contribution in [0.15, 0.2) is 47.4 Å². The van der Waals surface area contributed by atoms with Crippen molar-refractivity contribution in [3.8, 4) is 6.07 Å². The van der Waals surface area contributed by atoms with Gasteiger partial charge in [0.15, 0.2) is 0 Å². The van der Waals surface area contributed by atoms with E-state index in [9.17, 15) is 26.4 Å². The molecule has 1 aliphatic rings. The average molecular weight is 481 g/mol. The number of hydrogen-bond acceptors (Lipinski definition) is 5. The summed E-state index contributed by atoms with van der Waals surface area (Å²) in [7, 11) is -2.84. The summed E-state index contributed by atoms with van der Waals surface area (Å²) in [6, 6.07) is 10.3. The van der Waals surface area contributed by atoms with E-state index in [4.69, 9.17) is 5.26 Å². The van der Waals surface area contributed by atoms with E-state index in [1.807, 2.05) is 11.0 Å². The number of carbonyl (C=O) groups is 1. The molecular weight excluding hydrogens is 457 g/mol. The first-order chi connectivity index (χ1) is 15.5. The van der Waals surface area contributed by atoms with E-state index in [-0.39, 0.29) is 16.1 Å². The fourth-order valence-electron chi connectivity index (χ4n) is 3.58. The van der Waals surface area contributed by atoms with Gasteiger partial charge in [0.05, 0.1) is 40.0 Å². The molecule has 1 heterocycles. The van der Waals surface area contributed by atoms with E-state index in [1.165, 1.54) is 37.4 Å². The molecule has 3 rings (SSSR count). The van der Waals surface area contributed by atoms with Crippen LogP contribution in [0.2, 0.25) is 0 Å². The van der Waals surface area contributed by atoms with Crippen molar-refractivity contribution in [1.82, 2.24) is 4.31 Å². The molecule has 2 aromatic rings. The van der Waals surface area contributed by atoms with E-state index in [1.54, 1.807) is 0 Å². The third-order valence-corrected chi connectivity index (χ3v) is 7.17. The number of nitrogens with one attached hydrogen (secondary N) is 1. The molecule has 11 heteroatoms. The van der Waals surface area contributed by atoms with Crippen molar-refractivity contribution in [2.45, 2.75) is 30.3 Å². The lowest BCUT2D eigenvalue weighted by atomic mass is 10.1. The highest BCUT2D eigenvalue weighted by Gasteiger charge is 2.32. The molecule has 1 amide bonds. The van der Waals surface area contributed by atoms with E-state index < -0.39 is 34.2 Å². The number of nitriles is 1. The molecule has 0 aliphatic carbocycles. The van der Waals surface area contributed by atoms with Crippen molar-refractivity contribution in [2.24, 2.45) is 0 Å². The van der Waals surface area contributed by atoms with Gasteiger partial charge in [-0.25, -0.2) is 8.42 Å².